The van der Waals surface area contributed by atoms with Gasteiger partial charge in [0, 0.05) is 32.9 Å². The van der Waals surface area contributed by atoms with E-state index in [1.54, 1.807) is 12.3 Å². The molecule has 1 aliphatic heterocycles. The zero-order valence-electron chi connectivity index (χ0n) is 12.6. The van der Waals surface area contributed by atoms with Crippen molar-refractivity contribution < 1.29 is 4.79 Å². The second-order valence-corrected chi connectivity index (χ2v) is 5.47. The topological polar surface area (TPSA) is 48.5 Å². The highest BCUT2D eigenvalue weighted by atomic mass is 16.1. The van der Waals surface area contributed by atoms with Gasteiger partial charge in [0.1, 0.15) is 5.82 Å². The lowest BCUT2D eigenvalue weighted by atomic mass is 10.1. The predicted molar refractivity (Wildman–Crippen MR) is 81.2 cm³/mol. The third-order valence-electron chi connectivity index (χ3n) is 3.74. The van der Waals surface area contributed by atoms with Crippen LogP contribution in [0, 0.1) is 0 Å². The summed E-state index contributed by atoms with van der Waals surface area (Å²) in [4.78, 5) is 21.0. The van der Waals surface area contributed by atoms with Gasteiger partial charge in [-0.3, -0.25) is 4.79 Å². The SMILES string of the molecule is CCN1CCC[C@@H](NC(=O)c2cccnc2N(C)C)C1. The van der Waals surface area contributed by atoms with Gasteiger partial charge in [-0.1, -0.05) is 6.92 Å². The first-order valence-corrected chi connectivity index (χ1v) is 7.27. The first-order chi connectivity index (χ1) is 9.61. The number of carbonyl (C=O) groups excluding carboxylic acids is 1. The van der Waals surface area contributed by atoms with Gasteiger partial charge in [-0.15, -0.1) is 0 Å². The molecule has 2 heterocycles. The molecule has 0 saturated carbocycles. The van der Waals surface area contributed by atoms with Gasteiger partial charge in [0.15, 0.2) is 0 Å². The summed E-state index contributed by atoms with van der Waals surface area (Å²) in [5.74, 6) is 0.693. The Morgan fingerprint density at radius 3 is 3.05 bits per heavy atom. The molecule has 1 aliphatic rings. The minimum Gasteiger partial charge on any atom is -0.362 e. The fraction of sp³-hybridized carbons (Fsp3) is 0.600. The molecule has 2 rings (SSSR count). The van der Waals surface area contributed by atoms with Gasteiger partial charge in [-0.2, -0.15) is 0 Å². The highest BCUT2D eigenvalue weighted by Crippen LogP contribution is 2.16. The minimum atomic E-state index is -0.0234. The number of likely N-dealkylation sites (tertiary alicyclic amines) is 1. The fourth-order valence-electron chi connectivity index (χ4n) is 2.65. The van der Waals surface area contributed by atoms with E-state index in [1.807, 2.05) is 25.1 Å². The summed E-state index contributed by atoms with van der Waals surface area (Å²) in [5.41, 5.74) is 0.645. The molecular weight excluding hydrogens is 252 g/mol. The number of nitrogens with zero attached hydrogens (tertiary/aromatic N) is 3. The number of carbonyl (C=O) groups is 1. The molecule has 5 nitrogen and oxygen atoms in total. The molecule has 0 unspecified atom stereocenters. The molecule has 1 atom stereocenters. The number of hydrogen-bond acceptors (Lipinski definition) is 4. The Morgan fingerprint density at radius 1 is 1.55 bits per heavy atom. The van der Waals surface area contributed by atoms with E-state index in [-0.39, 0.29) is 11.9 Å². The molecule has 110 valence electrons. The molecule has 0 aromatic carbocycles. The maximum Gasteiger partial charge on any atom is 0.255 e. The summed E-state index contributed by atoms with van der Waals surface area (Å²) in [6, 6.07) is 3.88. The van der Waals surface area contributed by atoms with E-state index in [1.165, 1.54) is 0 Å². The Morgan fingerprint density at radius 2 is 2.35 bits per heavy atom. The van der Waals surface area contributed by atoms with Crippen molar-refractivity contribution >= 4 is 11.7 Å². The molecule has 1 fully saturated rings. The lowest BCUT2D eigenvalue weighted by Gasteiger charge is -2.32. The van der Waals surface area contributed by atoms with E-state index in [0.29, 0.717) is 11.4 Å². The van der Waals surface area contributed by atoms with Gasteiger partial charge in [-0.25, -0.2) is 4.98 Å². The van der Waals surface area contributed by atoms with Crippen molar-refractivity contribution in [1.29, 1.82) is 0 Å². The summed E-state index contributed by atoms with van der Waals surface area (Å²) in [5, 5.41) is 3.15. The second kappa shape index (κ2) is 6.70. The van der Waals surface area contributed by atoms with Gasteiger partial charge in [0.05, 0.1) is 5.56 Å². The van der Waals surface area contributed by atoms with Crippen molar-refractivity contribution in [3.63, 3.8) is 0 Å². The standard InChI is InChI=1S/C15H24N4O/c1-4-19-10-6-7-12(11-19)17-15(20)13-8-5-9-16-14(13)18(2)3/h5,8-9,12H,4,6-7,10-11H2,1-3H3,(H,17,20)/t12-/m1/s1. The summed E-state index contributed by atoms with van der Waals surface area (Å²) < 4.78 is 0. The summed E-state index contributed by atoms with van der Waals surface area (Å²) in [7, 11) is 3.80. The monoisotopic (exact) mass is 276 g/mol. The van der Waals surface area contributed by atoms with Crippen LogP contribution in [0.1, 0.15) is 30.1 Å². The number of aromatic nitrogens is 1. The van der Waals surface area contributed by atoms with Crippen LogP contribution in [0.4, 0.5) is 5.82 Å². The van der Waals surface area contributed by atoms with Gasteiger partial charge in [0.25, 0.3) is 5.91 Å². The molecule has 0 spiro atoms. The molecule has 0 bridgehead atoms. The molecular formula is C15H24N4O. The van der Waals surface area contributed by atoms with Crippen LogP contribution >= 0.6 is 0 Å². The van der Waals surface area contributed by atoms with Gasteiger partial charge in [-0.05, 0) is 38.1 Å². The second-order valence-electron chi connectivity index (χ2n) is 5.47. The van der Waals surface area contributed by atoms with Crippen LogP contribution in [0.5, 0.6) is 0 Å². The molecule has 5 heteroatoms. The van der Waals surface area contributed by atoms with Gasteiger partial charge < -0.3 is 15.1 Å². The van der Waals surface area contributed by atoms with E-state index in [9.17, 15) is 4.79 Å². The van der Waals surface area contributed by atoms with Gasteiger partial charge >= 0.3 is 0 Å². The normalized spacial score (nSPS) is 19.6. The first-order valence-electron chi connectivity index (χ1n) is 7.27. The Kier molecular flexibility index (Phi) is 4.95. The van der Waals surface area contributed by atoms with E-state index < -0.39 is 0 Å². The van der Waals surface area contributed by atoms with Crippen LogP contribution in [0.3, 0.4) is 0 Å². The molecule has 1 aromatic heterocycles. The zero-order chi connectivity index (χ0) is 14.5. The highest BCUT2D eigenvalue weighted by molar-refractivity contribution is 5.99. The van der Waals surface area contributed by atoms with Crippen LogP contribution in [-0.4, -0.2) is 55.6 Å². The quantitative estimate of drug-likeness (QED) is 0.902. The Balaban J connectivity index is 2.05. The number of amides is 1. The molecule has 1 aromatic rings. The van der Waals surface area contributed by atoms with Crippen molar-refractivity contribution in [2.45, 2.75) is 25.8 Å². The van der Waals surface area contributed by atoms with Crippen molar-refractivity contribution in [3.05, 3.63) is 23.9 Å². The number of likely N-dealkylation sites (N-methyl/N-ethyl adjacent to an activating group) is 1. The van der Waals surface area contributed by atoms with Crippen LogP contribution < -0.4 is 10.2 Å². The molecule has 1 N–H and O–H groups in total. The average Bonchev–Trinajstić information content (AvgIpc) is 2.47. The fourth-order valence-corrected chi connectivity index (χ4v) is 2.65. The number of pyridine rings is 1. The summed E-state index contributed by atoms with van der Waals surface area (Å²) in [6.45, 7) is 5.29. The van der Waals surface area contributed by atoms with Crippen molar-refractivity contribution in [2.75, 3.05) is 38.6 Å². The third kappa shape index (κ3) is 3.48. The molecule has 0 radical (unpaired) electrons. The maximum atomic E-state index is 12.4. The predicted octanol–water partition coefficient (Wildman–Crippen LogP) is 1.36. The first kappa shape index (κ1) is 14.8. The van der Waals surface area contributed by atoms with Crippen molar-refractivity contribution in [1.82, 2.24) is 15.2 Å². The Bertz CT molecular complexity index is 461. The number of anilines is 1. The number of piperidine rings is 1. The number of rotatable bonds is 4. The van der Waals surface area contributed by atoms with Crippen LogP contribution in [0.25, 0.3) is 0 Å². The Hall–Kier alpha value is -1.62. The molecule has 1 saturated heterocycles. The smallest absolute Gasteiger partial charge is 0.255 e. The number of hydrogen-bond donors (Lipinski definition) is 1. The van der Waals surface area contributed by atoms with Crippen molar-refractivity contribution in [2.24, 2.45) is 0 Å². The third-order valence-corrected chi connectivity index (χ3v) is 3.74. The molecule has 0 aliphatic carbocycles. The minimum absolute atomic E-state index is 0.0234. The lowest BCUT2D eigenvalue weighted by molar-refractivity contribution is 0.0906. The van der Waals surface area contributed by atoms with E-state index in [0.717, 1.165) is 32.5 Å². The van der Waals surface area contributed by atoms with E-state index in [4.69, 9.17) is 0 Å². The summed E-state index contributed by atoms with van der Waals surface area (Å²) in [6.07, 6.45) is 3.91. The van der Waals surface area contributed by atoms with E-state index >= 15 is 0 Å². The highest BCUT2D eigenvalue weighted by Gasteiger charge is 2.22. The van der Waals surface area contributed by atoms with Crippen LogP contribution in [0.2, 0.25) is 0 Å². The Labute approximate surface area is 121 Å². The maximum absolute atomic E-state index is 12.4. The average molecular weight is 276 g/mol. The van der Waals surface area contributed by atoms with Crippen LogP contribution in [-0.2, 0) is 0 Å². The largest absolute Gasteiger partial charge is 0.362 e. The van der Waals surface area contributed by atoms with E-state index in [2.05, 4.69) is 22.1 Å². The zero-order valence-corrected chi connectivity index (χ0v) is 12.6. The van der Waals surface area contributed by atoms with Gasteiger partial charge in [0.2, 0.25) is 0 Å². The lowest BCUT2D eigenvalue weighted by Crippen LogP contribution is -2.47. The van der Waals surface area contributed by atoms with Crippen LogP contribution in [0.15, 0.2) is 18.3 Å². The molecule has 20 heavy (non-hydrogen) atoms. The molecule has 1 amide bonds. The van der Waals surface area contributed by atoms with Crippen molar-refractivity contribution in [3.8, 4) is 0 Å². The summed E-state index contributed by atoms with van der Waals surface area (Å²) >= 11 is 0. The number of nitrogens with one attached hydrogen (secondary N) is 1.